The fraction of sp³-hybridized carbons (Fsp3) is 0.214. The van der Waals surface area contributed by atoms with E-state index in [1.54, 1.807) is 0 Å². The minimum absolute atomic E-state index is 0.222. The van der Waals surface area contributed by atoms with Gasteiger partial charge in [-0.3, -0.25) is 0 Å². The molecule has 0 bridgehead atoms. The molecule has 0 heterocycles. The van der Waals surface area contributed by atoms with Gasteiger partial charge in [-0.25, -0.2) is 0 Å². The van der Waals surface area contributed by atoms with Crippen LogP contribution in [-0.2, 0) is 6.42 Å². The molecular formula is C28H28. The van der Waals surface area contributed by atoms with Crippen LogP contribution in [0.2, 0.25) is 0 Å². The highest BCUT2D eigenvalue weighted by Crippen LogP contribution is 2.46. The Morgan fingerprint density at radius 3 is 2.50 bits per heavy atom. The maximum atomic E-state index is 4.45. The van der Waals surface area contributed by atoms with Gasteiger partial charge in [-0.1, -0.05) is 85.0 Å². The minimum Gasteiger partial charge on any atom is -0.0986 e. The molecule has 0 saturated heterocycles. The normalized spacial score (nSPS) is 20.5. The van der Waals surface area contributed by atoms with Crippen molar-refractivity contribution in [3.8, 4) is 0 Å². The fourth-order valence-corrected chi connectivity index (χ4v) is 4.79. The van der Waals surface area contributed by atoms with Crippen LogP contribution in [0.3, 0.4) is 0 Å². The highest BCUT2D eigenvalue weighted by atomic mass is 14.3. The third kappa shape index (κ3) is 3.14. The molecule has 0 aromatic heterocycles. The average Bonchev–Trinajstić information content (AvgIpc) is 2.90. The molecule has 1 fully saturated rings. The molecule has 2 aliphatic carbocycles. The highest BCUT2D eigenvalue weighted by Gasteiger charge is 2.29. The van der Waals surface area contributed by atoms with Crippen LogP contribution in [0.25, 0.3) is 5.57 Å². The standard InChI is InChI=1S/C28H28/c1-17-8-7-9-24(13-17)28-20(4)15-26(22(28)6)16-23-10-11-25-14-18(2)12-19(3)27(25)21(23)5/h7-10,12-14,16,28H,4-6,11,15H2,1-3H3. The molecule has 140 valence electrons. The Bertz CT molecular complexity index is 1090. The molecule has 0 spiro atoms. The largest absolute Gasteiger partial charge is 0.0986 e. The monoisotopic (exact) mass is 364 g/mol. The molecular weight excluding hydrogens is 336 g/mol. The lowest BCUT2D eigenvalue weighted by Crippen LogP contribution is -2.04. The Balaban J connectivity index is 1.67. The van der Waals surface area contributed by atoms with Gasteiger partial charge in [0.05, 0.1) is 0 Å². The van der Waals surface area contributed by atoms with E-state index in [0.717, 1.165) is 18.4 Å². The number of rotatable bonds is 2. The van der Waals surface area contributed by atoms with Crippen molar-refractivity contribution in [1.29, 1.82) is 0 Å². The molecule has 0 amide bonds. The molecule has 4 rings (SSSR count). The summed E-state index contributed by atoms with van der Waals surface area (Å²) in [4.78, 5) is 0. The van der Waals surface area contributed by atoms with Gasteiger partial charge in [-0.05, 0) is 78.2 Å². The predicted octanol–water partition coefficient (Wildman–Crippen LogP) is 7.33. The summed E-state index contributed by atoms with van der Waals surface area (Å²) < 4.78 is 0. The maximum Gasteiger partial charge on any atom is 0.0296 e. The maximum absolute atomic E-state index is 4.45. The van der Waals surface area contributed by atoms with Gasteiger partial charge in [0.1, 0.15) is 0 Å². The molecule has 0 heteroatoms. The summed E-state index contributed by atoms with van der Waals surface area (Å²) >= 11 is 0. The van der Waals surface area contributed by atoms with Crippen molar-refractivity contribution in [1.82, 2.24) is 0 Å². The predicted molar refractivity (Wildman–Crippen MR) is 122 cm³/mol. The first-order valence-electron chi connectivity index (χ1n) is 9.99. The van der Waals surface area contributed by atoms with Crippen molar-refractivity contribution in [2.24, 2.45) is 0 Å². The lowest BCUT2D eigenvalue weighted by atomic mass is 9.83. The Hall–Kier alpha value is -2.86. The summed E-state index contributed by atoms with van der Waals surface area (Å²) in [5.41, 5.74) is 14.0. The lowest BCUT2D eigenvalue weighted by molar-refractivity contribution is 0.996. The summed E-state index contributed by atoms with van der Waals surface area (Å²) in [6.07, 6.45) is 6.47. The van der Waals surface area contributed by atoms with Gasteiger partial charge in [0.25, 0.3) is 0 Å². The van der Waals surface area contributed by atoms with Gasteiger partial charge >= 0.3 is 0 Å². The third-order valence-electron chi connectivity index (χ3n) is 6.05. The van der Waals surface area contributed by atoms with Gasteiger partial charge in [0, 0.05) is 5.92 Å². The molecule has 2 aromatic carbocycles. The second kappa shape index (κ2) is 6.95. The molecule has 2 aromatic rings. The van der Waals surface area contributed by atoms with Crippen molar-refractivity contribution in [2.75, 3.05) is 0 Å². The molecule has 0 nitrogen and oxygen atoms in total. The van der Waals surface area contributed by atoms with E-state index < -0.39 is 0 Å². The molecule has 1 atom stereocenters. The molecule has 0 N–H and O–H groups in total. The lowest BCUT2D eigenvalue weighted by Gasteiger charge is -2.21. The van der Waals surface area contributed by atoms with Crippen molar-refractivity contribution in [3.05, 3.63) is 124 Å². The third-order valence-corrected chi connectivity index (χ3v) is 6.05. The van der Waals surface area contributed by atoms with E-state index in [9.17, 15) is 0 Å². The Kier molecular flexibility index (Phi) is 4.59. The average molecular weight is 365 g/mol. The number of aryl methyl sites for hydroxylation is 3. The van der Waals surface area contributed by atoms with Gasteiger partial charge in [-0.2, -0.15) is 0 Å². The first-order chi connectivity index (χ1) is 13.3. The minimum atomic E-state index is 0.222. The quantitative estimate of drug-likeness (QED) is 0.489. The molecule has 0 radical (unpaired) electrons. The van der Waals surface area contributed by atoms with Crippen LogP contribution in [0.1, 0.15) is 45.7 Å². The zero-order valence-corrected chi connectivity index (χ0v) is 17.2. The van der Waals surface area contributed by atoms with Crippen molar-refractivity contribution < 1.29 is 0 Å². The number of allylic oxidation sites excluding steroid dienone is 7. The number of hydrogen-bond donors (Lipinski definition) is 0. The number of benzene rings is 2. The Labute approximate surface area is 169 Å². The SMILES string of the molecule is C=C1C(C=C2CC(=C)C(c3cccc(C)c3)C2=C)=CCc2cc(C)cc(C)c21. The number of fused-ring (bicyclic) bond motifs is 1. The van der Waals surface area contributed by atoms with E-state index in [1.807, 2.05) is 0 Å². The summed E-state index contributed by atoms with van der Waals surface area (Å²) in [5.74, 6) is 0.222. The van der Waals surface area contributed by atoms with Gasteiger partial charge in [-0.15, -0.1) is 0 Å². The van der Waals surface area contributed by atoms with Crippen molar-refractivity contribution in [3.63, 3.8) is 0 Å². The van der Waals surface area contributed by atoms with E-state index in [0.29, 0.717) is 0 Å². The summed E-state index contributed by atoms with van der Waals surface area (Å²) in [6.45, 7) is 19.8. The Morgan fingerprint density at radius 2 is 1.75 bits per heavy atom. The zero-order chi connectivity index (χ0) is 20.0. The van der Waals surface area contributed by atoms with Crippen molar-refractivity contribution >= 4 is 5.57 Å². The first-order valence-corrected chi connectivity index (χ1v) is 9.99. The summed E-state index contributed by atoms with van der Waals surface area (Å²) in [7, 11) is 0. The van der Waals surface area contributed by atoms with E-state index in [2.05, 4.69) is 89.1 Å². The molecule has 0 aliphatic heterocycles. The van der Waals surface area contributed by atoms with Gasteiger partial charge < -0.3 is 0 Å². The molecule has 1 saturated carbocycles. The van der Waals surface area contributed by atoms with Gasteiger partial charge in [0.15, 0.2) is 0 Å². The van der Waals surface area contributed by atoms with Crippen LogP contribution in [0.4, 0.5) is 0 Å². The van der Waals surface area contributed by atoms with Crippen LogP contribution < -0.4 is 0 Å². The molecule has 2 aliphatic rings. The zero-order valence-electron chi connectivity index (χ0n) is 17.2. The first kappa shape index (κ1) is 18.5. The van der Waals surface area contributed by atoms with E-state index in [4.69, 9.17) is 0 Å². The topological polar surface area (TPSA) is 0 Å². The van der Waals surface area contributed by atoms with Crippen LogP contribution in [0.15, 0.2) is 90.6 Å². The fourth-order valence-electron chi connectivity index (χ4n) is 4.79. The summed E-state index contributed by atoms with van der Waals surface area (Å²) in [6, 6.07) is 13.3. The smallest absolute Gasteiger partial charge is 0.0296 e. The van der Waals surface area contributed by atoms with Crippen LogP contribution in [-0.4, -0.2) is 0 Å². The van der Waals surface area contributed by atoms with Crippen LogP contribution in [0, 0.1) is 20.8 Å². The molecule has 28 heavy (non-hydrogen) atoms. The van der Waals surface area contributed by atoms with Gasteiger partial charge in [0.2, 0.25) is 0 Å². The van der Waals surface area contributed by atoms with E-state index in [-0.39, 0.29) is 5.92 Å². The Morgan fingerprint density at radius 1 is 0.964 bits per heavy atom. The second-order valence-electron chi connectivity index (χ2n) is 8.34. The second-order valence-corrected chi connectivity index (χ2v) is 8.34. The van der Waals surface area contributed by atoms with Crippen molar-refractivity contribution in [2.45, 2.75) is 39.5 Å². The van der Waals surface area contributed by atoms with E-state index in [1.165, 1.54) is 55.7 Å². The highest BCUT2D eigenvalue weighted by molar-refractivity contribution is 5.86. The van der Waals surface area contributed by atoms with Crippen LogP contribution >= 0.6 is 0 Å². The van der Waals surface area contributed by atoms with E-state index >= 15 is 0 Å². The summed E-state index contributed by atoms with van der Waals surface area (Å²) in [5, 5.41) is 0. The van der Waals surface area contributed by atoms with Crippen LogP contribution in [0.5, 0.6) is 0 Å². The molecule has 1 unspecified atom stereocenters. The number of hydrogen-bond acceptors (Lipinski definition) is 0.